The standard InChI is InChI=1S/C13H12F3NO2S/c1-19-8-12(18,9-5-3-2-4-6-9)10-7-17-11(20-10)13(14,15)16/h2-7,18H,8H2,1H3. The molecule has 1 unspecified atom stereocenters. The van der Waals surface area contributed by atoms with Gasteiger partial charge in [-0.1, -0.05) is 30.3 Å². The molecule has 3 nitrogen and oxygen atoms in total. The maximum atomic E-state index is 12.6. The summed E-state index contributed by atoms with van der Waals surface area (Å²) < 4.78 is 42.8. The highest BCUT2D eigenvalue weighted by atomic mass is 32.1. The summed E-state index contributed by atoms with van der Waals surface area (Å²) in [6.07, 6.45) is -3.48. The lowest BCUT2D eigenvalue weighted by Gasteiger charge is -2.26. The van der Waals surface area contributed by atoms with Crippen molar-refractivity contribution >= 4 is 11.3 Å². The Bertz CT molecular complexity index is 570. The average molecular weight is 303 g/mol. The molecule has 0 saturated carbocycles. The Morgan fingerprint density at radius 2 is 1.90 bits per heavy atom. The number of hydrogen-bond donors (Lipinski definition) is 1. The molecular formula is C13H12F3NO2S. The Labute approximate surface area is 117 Å². The summed E-state index contributed by atoms with van der Waals surface area (Å²) in [6, 6.07) is 8.41. The summed E-state index contributed by atoms with van der Waals surface area (Å²) in [4.78, 5) is 3.43. The normalized spacial score (nSPS) is 15.1. The number of methoxy groups -OCH3 is 1. The van der Waals surface area contributed by atoms with E-state index in [-0.39, 0.29) is 11.5 Å². The lowest BCUT2D eigenvalue weighted by atomic mass is 9.93. The summed E-state index contributed by atoms with van der Waals surface area (Å²) in [7, 11) is 1.37. The molecule has 7 heteroatoms. The van der Waals surface area contributed by atoms with Gasteiger partial charge in [0.25, 0.3) is 0 Å². The zero-order chi connectivity index (χ0) is 14.8. The number of alkyl halides is 3. The SMILES string of the molecule is COCC(O)(c1ccccc1)c1cnc(C(F)(F)F)s1. The first-order valence-electron chi connectivity index (χ1n) is 5.68. The third kappa shape index (κ3) is 2.84. The largest absolute Gasteiger partial charge is 0.443 e. The van der Waals surface area contributed by atoms with Crippen LogP contribution < -0.4 is 0 Å². The molecule has 0 aliphatic carbocycles. The van der Waals surface area contributed by atoms with Crippen molar-refractivity contribution in [2.24, 2.45) is 0 Å². The first-order chi connectivity index (χ1) is 9.38. The number of hydrogen-bond acceptors (Lipinski definition) is 4. The van der Waals surface area contributed by atoms with E-state index in [1.807, 2.05) is 0 Å². The zero-order valence-electron chi connectivity index (χ0n) is 10.5. The van der Waals surface area contributed by atoms with Gasteiger partial charge in [-0.05, 0) is 5.56 Å². The fourth-order valence-electron chi connectivity index (χ4n) is 1.82. The number of aliphatic hydroxyl groups is 1. The van der Waals surface area contributed by atoms with E-state index < -0.39 is 16.8 Å². The second-order valence-corrected chi connectivity index (χ2v) is 5.22. The van der Waals surface area contributed by atoms with Crippen molar-refractivity contribution in [3.63, 3.8) is 0 Å². The summed E-state index contributed by atoms with van der Waals surface area (Å²) in [5.74, 6) is 0. The molecule has 1 heterocycles. The number of aromatic nitrogens is 1. The van der Waals surface area contributed by atoms with Gasteiger partial charge in [0, 0.05) is 13.3 Å². The van der Waals surface area contributed by atoms with Crippen molar-refractivity contribution in [3.8, 4) is 0 Å². The van der Waals surface area contributed by atoms with Crippen LogP contribution in [0.25, 0.3) is 0 Å². The smallest absolute Gasteiger partial charge is 0.381 e. The zero-order valence-corrected chi connectivity index (χ0v) is 11.3. The third-order valence-corrected chi connectivity index (χ3v) is 3.95. The third-order valence-electron chi connectivity index (χ3n) is 2.76. The van der Waals surface area contributed by atoms with Crippen molar-refractivity contribution in [2.75, 3.05) is 13.7 Å². The molecule has 1 atom stereocenters. The van der Waals surface area contributed by atoms with Crippen molar-refractivity contribution < 1.29 is 23.0 Å². The van der Waals surface area contributed by atoms with Crippen molar-refractivity contribution in [1.29, 1.82) is 0 Å². The van der Waals surface area contributed by atoms with E-state index in [9.17, 15) is 18.3 Å². The molecule has 0 amide bonds. The molecule has 2 rings (SSSR count). The van der Waals surface area contributed by atoms with Gasteiger partial charge in [0.1, 0.15) is 5.60 Å². The van der Waals surface area contributed by atoms with E-state index in [4.69, 9.17) is 4.74 Å². The lowest BCUT2D eigenvalue weighted by Crippen LogP contribution is -2.31. The highest BCUT2D eigenvalue weighted by molar-refractivity contribution is 7.11. The quantitative estimate of drug-likeness (QED) is 0.944. The Balaban J connectivity index is 2.46. The minimum absolute atomic E-state index is 0.0953. The molecular weight excluding hydrogens is 291 g/mol. The van der Waals surface area contributed by atoms with Gasteiger partial charge in [0.15, 0.2) is 5.01 Å². The fourth-order valence-corrected chi connectivity index (χ4v) is 2.70. The summed E-state index contributed by atoms with van der Waals surface area (Å²) in [5.41, 5.74) is -1.18. The van der Waals surface area contributed by atoms with Crippen LogP contribution in [0, 0.1) is 0 Å². The van der Waals surface area contributed by atoms with Crippen LogP contribution in [-0.4, -0.2) is 23.8 Å². The maximum Gasteiger partial charge on any atom is 0.443 e. The van der Waals surface area contributed by atoms with Gasteiger partial charge in [-0.2, -0.15) is 13.2 Å². The van der Waals surface area contributed by atoms with E-state index in [0.717, 1.165) is 6.20 Å². The predicted octanol–water partition coefficient (Wildman–Crippen LogP) is 3.04. The van der Waals surface area contributed by atoms with E-state index in [2.05, 4.69) is 4.98 Å². The Kier molecular flexibility index (Phi) is 4.12. The molecule has 0 radical (unpaired) electrons. The van der Waals surface area contributed by atoms with Gasteiger partial charge < -0.3 is 9.84 Å². The molecule has 0 bridgehead atoms. The highest BCUT2D eigenvalue weighted by Gasteiger charge is 2.39. The molecule has 0 spiro atoms. The lowest BCUT2D eigenvalue weighted by molar-refractivity contribution is -0.137. The molecule has 0 aliphatic rings. The molecule has 20 heavy (non-hydrogen) atoms. The molecule has 0 saturated heterocycles. The number of thiazole rings is 1. The average Bonchev–Trinajstić information content (AvgIpc) is 2.90. The van der Waals surface area contributed by atoms with E-state index in [1.165, 1.54) is 7.11 Å². The van der Waals surface area contributed by atoms with Crippen LogP contribution in [0.4, 0.5) is 13.2 Å². The molecule has 1 N–H and O–H groups in total. The molecule has 0 aliphatic heterocycles. The van der Waals surface area contributed by atoms with Gasteiger partial charge in [0.05, 0.1) is 11.5 Å². The van der Waals surface area contributed by atoms with Crippen molar-refractivity contribution in [3.05, 3.63) is 52.0 Å². The van der Waals surface area contributed by atoms with Crippen LogP contribution in [0.3, 0.4) is 0 Å². The van der Waals surface area contributed by atoms with Crippen LogP contribution in [0.2, 0.25) is 0 Å². The van der Waals surface area contributed by atoms with E-state index in [0.29, 0.717) is 16.9 Å². The number of rotatable bonds is 4. The van der Waals surface area contributed by atoms with Crippen LogP contribution in [0.5, 0.6) is 0 Å². The van der Waals surface area contributed by atoms with Gasteiger partial charge in [-0.3, -0.25) is 0 Å². The van der Waals surface area contributed by atoms with Crippen molar-refractivity contribution in [2.45, 2.75) is 11.8 Å². The van der Waals surface area contributed by atoms with Gasteiger partial charge in [-0.25, -0.2) is 4.98 Å². The first kappa shape index (κ1) is 15.0. The topological polar surface area (TPSA) is 42.4 Å². The van der Waals surface area contributed by atoms with Gasteiger partial charge >= 0.3 is 6.18 Å². The van der Waals surface area contributed by atoms with Gasteiger partial charge in [0.2, 0.25) is 0 Å². The monoisotopic (exact) mass is 303 g/mol. The van der Waals surface area contributed by atoms with Crippen LogP contribution >= 0.6 is 11.3 Å². The molecule has 108 valence electrons. The minimum atomic E-state index is -4.52. The molecule has 0 fully saturated rings. The predicted molar refractivity (Wildman–Crippen MR) is 68.4 cm³/mol. The summed E-state index contributed by atoms with van der Waals surface area (Å²) >= 11 is 0.415. The van der Waals surface area contributed by atoms with Crippen LogP contribution in [0.1, 0.15) is 15.4 Å². The number of benzene rings is 1. The summed E-state index contributed by atoms with van der Waals surface area (Å²) in [6.45, 7) is -0.156. The fraction of sp³-hybridized carbons (Fsp3) is 0.308. The summed E-state index contributed by atoms with van der Waals surface area (Å²) in [5, 5.41) is 9.72. The maximum absolute atomic E-state index is 12.6. The van der Waals surface area contributed by atoms with Crippen LogP contribution in [-0.2, 0) is 16.5 Å². The second-order valence-electron chi connectivity index (χ2n) is 4.19. The van der Waals surface area contributed by atoms with Crippen LogP contribution in [0.15, 0.2) is 36.5 Å². The number of ether oxygens (including phenoxy) is 1. The molecule has 1 aromatic heterocycles. The van der Waals surface area contributed by atoms with E-state index >= 15 is 0 Å². The molecule has 2 aromatic rings. The first-order valence-corrected chi connectivity index (χ1v) is 6.50. The van der Waals surface area contributed by atoms with E-state index in [1.54, 1.807) is 30.3 Å². The highest BCUT2D eigenvalue weighted by Crippen LogP contribution is 2.38. The second kappa shape index (κ2) is 5.51. The Morgan fingerprint density at radius 3 is 2.40 bits per heavy atom. The minimum Gasteiger partial charge on any atom is -0.381 e. The number of halogens is 3. The Morgan fingerprint density at radius 1 is 1.25 bits per heavy atom. The molecule has 1 aromatic carbocycles. The van der Waals surface area contributed by atoms with Gasteiger partial charge in [-0.15, -0.1) is 11.3 Å². The van der Waals surface area contributed by atoms with Crippen molar-refractivity contribution in [1.82, 2.24) is 4.98 Å². The number of nitrogens with zero attached hydrogens (tertiary/aromatic N) is 1. The Hall–Kier alpha value is -1.44.